The van der Waals surface area contributed by atoms with Crippen molar-refractivity contribution in [2.75, 3.05) is 24.5 Å². The molecule has 1 aromatic rings. The summed E-state index contributed by atoms with van der Waals surface area (Å²) in [6.45, 7) is 11.8. The molecular weight excluding hydrogens is 240 g/mol. The van der Waals surface area contributed by atoms with Gasteiger partial charge in [0.05, 0.1) is 6.04 Å². The highest BCUT2D eigenvalue weighted by molar-refractivity contribution is 5.25. The standard InChI is InChI=1S/C14H26N4O/c1-5-6-15-12(4)13-16-17-14(19-13)18-8-10(2)7-11(3)9-18/h10-12,15H,5-9H2,1-4H3. The van der Waals surface area contributed by atoms with Gasteiger partial charge in [-0.3, -0.25) is 0 Å². The Hall–Kier alpha value is -1.10. The summed E-state index contributed by atoms with van der Waals surface area (Å²) < 4.78 is 5.82. The normalized spacial score (nSPS) is 25.6. The number of anilines is 1. The first-order chi connectivity index (χ1) is 9.10. The molecule has 1 saturated heterocycles. The van der Waals surface area contributed by atoms with Crippen molar-refractivity contribution in [2.24, 2.45) is 11.8 Å². The van der Waals surface area contributed by atoms with Gasteiger partial charge in [-0.25, -0.2) is 0 Å². The average molecular weight is 266 g/mol. The van der Waals surface area contributed by atoms with E-state index in [9.17, 15) is 0 Å². The molecule has 0 bridgehead atoms. The van der Waals surface area contributed by atoms with Crippen molar-refractivity contribution in [3.63, 3.8) is 0 Å². The van der Waals surface area contributed by atoms with E-state index >= 15 is 0 Å². The van der Waals surface area contributed by atoms with Gasteiger partial charge in [0.2, 0.25) is 5.89 Å². The fraction of sp³-hybridized carbons (Fsp3) is 0.857. The van der Waals surface area contributed by atoms with Gasteiger partial charge in [0.15, 0.2) is 0 Å². The Bertz CT molecular complexity index is 383. The minimum Gasteiger partial charge on any atom is -0.406 e. The molecule has 0 aromatic carbocycles. The Morgan fingerprint density at radius 2 is 2.00 bits per heavy atom. The van der Waals surface area contributed by atoms with E-state index in [-0.39, 0.29) is 6.04 Å². The molecule has 0 saturated carbocycles. The van der Waals surface area contributed by atoms with E-state index in [0.717, 1.165) is 26.1 Å². The van der Waals surface area contributed by atoms with Gasteiger partial charge >= 0.3 is 6.01 Å². The maximum atomic E-state index is 5.82. The number of nitrogens with zero attached hydrogens (tertiary/aromatic N) is 3. The Balaban J connectivity index is 1.99. The van der Waals surface area contributed by atoms with Gasteiger partial charge in [0.1, 0.15) is 0 Å². The molecular formula is C14H26N4O. The first kappa shape index (κ1) is 14.3. The molecule has 1 aliphatic rings. The summed E-state index contributed by atoms with van der Waals surface area (Å²) in [7, 11) is 0. The van der Waals surface area contributed by atoms with Crippen LogP contribution in [0.5, 0.6) is 0 Å². The molecule has 3 unspecified atom stereocenters. The van der Waals surface area contributed by atoms with Crippen molar-refractivity contribution in [1.29, 1.82) is 0 Å². The summed E-state index contributed by atoms with van der Waals surface area (Å²) in [5, 5.41) is 11.7. The summed E-state index contributed by atoms with van der Waals surface area (Å²) in [4.78, 5) is 2.22. The predicted molar refractivity (Wildman–Crippen MR) is 76.2 cm³/mol. The molecule has 5 heteroatoms. The second kappa shape index (κ2) is 6.37. The number of hydrogen-bond donors (Lipinski definition) is 1. The van der Waals surface area contributed by atoms with Crippen LogP contribution in [-0.2, 0) is 0 Å². The fourth-order valence-corrected chi connectivity index (χ4v) is 2.80. The average Bonchev–Trinajstić information content (AvgIpc) is 2.84. The van der Waals surface area contributed by atoms with Gasteiger partial charge in [-0.1, -0.05) is 25.9 Å². The summed E-state index contributed by atoms with van der Waals surface area (Å²) in [5.41, 5.74) is 0. The smallest absolute Gasteiger partial charge is 0.318 e. The van der Waals surface area contributed by atoms with Crippen molar-refractivity contribution in [1.82, 2.24) is 15.5 Å². The van der Waals surface area contributed by atoms with Gasteiger partial charge in [-0.15, -0.1) is 5.10 Å². The second-order valence-electron chi connectivity index (χ2n) is 5.95. The summed E-state index contributed by atoms with van der Waals surface area (Å²) >= 11 is 0. The van der Waals surface area contributed by atoms with Crippen molar-refractivity contribution in [3.05, 3.63) is 5.89 Å². The number of aromatic nitrogens is 2. The van der Waals surface area contributed by atoms with E-state index in [1.54, 1.807) is 0 Å². The highest BCUT2D eigenvalue weighted by Gasteiger charge is 2.26. The molecule has 0 amide bonds. The Morgan fingerprint density at radius 1 is 1.32 bits per heavy atom. The highest BCUT2D eigenvalue weighted by Crippen LogP contribution is 2.26. The Labute approximate surface area is 115 Å². The number of nitrogens with one attached hydrogen (secondary N) is 1. The molecule has 3 atom stereocenters. The van der Waals surface area contributed by atoms with Crippen molar-refractivity contribution in [3.8, 4) is 0 Å². The van der Waals surface area contributed by atoms with Crippen LogP contribution < -0.4 is 10.2 Å². The van der Waals surface area contributed by atoms with Crippen LogP contribution in [0.25, 0.3) is 0 Å². The molecule has 1 N–H and O–H groups in total. The van der Waals surface area contributed by atoms with Crippen molar-refractivity contribution >= 4 is 6.01 Å². The molecule has 1 aromatic heterocycles. The fourth-order valence-electron chi connectivity index (χ4n) is 2.80. The van der Waals surface area contributed by atoms with E-state index in [0.29, 0.717) is 23.7 Å². The van der Waals surface area contributed by atoms with E-state index in [1.807, 2.05) is 0 Å². The zero-order valence-electron chi connectivity index (χ0n) is 12.5. The van der Waals surface area contributed by atoms with Crippen LogP contribution in [0.2, 0.25) is 0 Å². The van der Waals surface area contributed by atoms with E-state index in [4.69, 9.17) is 4.42 Å². The van der Waals surface area contributed by atoms with Crippen LogP contribution in [0.4, 0.5) is 6.01 Å². The van der Waals surface area contributed by atoms with E-state index in [2.05, 4.69) is 48.1 Å². The first-order valence-electron chi connectivity index (χ1n) is 7.41. The highest BCUT2D eigenvalue weighted by atomic mass is 16.4. The number of hydrogen-bond acceptors (Lipinski definition) is 5. The second-order valence-corrected chi connectivity index (χ2v) is 5.95. The molecule has 1 fully saturated rings. The van der Waals surface area contributed by atoms with E-state index < -0.39 is 0 Å². The van der Waals surface area contributed by atoms with Crippen molar-refractivity contribution < 1.29 is 4.42 Å². The van der Waals surface area contributed by atoms with Gasteiger partial charge < -0.3 is 14.6 Å². The van der Waals surface area contributed by atoms with Gasteiger partial charge in [0, 0.05) is 13.1 Å². The largest absolute Gasteiger partial charge is 0.406 e. The molecule has 0 radical (unpaired) electrons. The Kier molecular flexibility index (Phi) is 4.80. The Morgan fingerprint density at radius 3 is 2.63 bits per heavy atom. The van der Waals surface area contributed by atoms with E-state index in [1.165, 1.54) is 6.42 Å². The number of piperidine rings is 1. The molecule has 1 aliphatic heterocycles. The monoisotopic (exact) mass is 266 g/mol. The zero-order chi connectivity index (χ0) is 13.8. The summed E-state index contributed by atoms with van der Waals surface area (Å²) in [6, 6.07) is 0.805. The van der Waals surface area contributed by atoms with Crippen LogP contribution >= 0.6 is 0 Å². The lowest BCUT2D eigenvalue weighted by Crippen LogP contribution is -2.38. The third-order valence-electron chi connectivity index (χ3n) is 3.64. The van der Waals surface area contributed by atoms with Crippen LogP contribution in [0, 0.1) is 11.8 Å². The van der Waals surface area contributed by atoms with Crippen LogP contribution in [0.1, 0.15) is 52.5 Å². The maximum Gasteiger partial charge on any atom is 0.318 e. The van der Waals surface area contributed by atoms with Crippen LogP contribution in [-0.4, -0.2) is 29.8 Å². The van der Waals surface area contributed by atoms with Gasteiger partial charge in [0.25, 0.3) is 0 Å². The quantitative estimate of drug-likeness (QED) is 0.888. The van der Waals surface area contributed by atoms with Crippen LogP contribution in [0.15, 0.2) is 4.42 Å². The summed E-state index contributed by atoms with van der Waals surface area (Å²) in [6.07, 6.45) is 2.39. The first-order valence-corrected chi connectivity index (χ1v) is 7.41. The molecule has 2 rings (SSSR count). The molecule has 0 spiro atoms. The zero-order valence-corrected chi connectivity index (χ0v) is 12.5. The lowest BCUT2D eigenvalue weighted by Gasteiger charge is -2.33. The molecule has 19 heavy (non-hydrogen) atoms. The molecule has 0 aliphatic carbocycles. The molecule has 2 heterocycles. The molecule has 108 valence electrons. The lowest BCUT2D eigenvalue weighted by molar-refractivity contribution is 0.333. The van der Waals surface area contributed by atoms with Gasteiger partial charge in [-0.2, -0.15) is 0 Å². The minimum atomic E-state index is 0.126. The SMILES string of the molecule is CCCNC(C)c1nnc(N2CC(C)CC(C)C2)o1. The maximum absolute atomic E-state index is 5.82. The summed E-state index contributed by atoms with van der Waals surface area (Å²) in [5.74, 6) is 2.07. The third-order valence-corrected chi connectivity index (χ3v) is 3.64. The van der Waals surface area contributed by atoms with Crippen LogP contribution in [0.3, 0.4) is 0 Å². The predicted octanol–water partition coefficient (Wildman–Crippen LogP) is 2.61. The third kappa shape index (κ3) is 3.69. The lowest BCUT2D eigenvalue weighted by atomic mass is 9.92. The van der Waals surface area contributed by atoms with Gasteiger partial charge in [-0.05, 0) is 38.1 Å². The minimum absolute atomic E-state index is 0.126. The topological polar surface area (TPSA) is 54.2 Å². The number of rotatable bonds is 5. The van der Waals surface area contributed by atoms with Crippen molar-refractivity contribution in [2.45, 2.75) is 46.6 Å². The molecule has 5 nitrogen and oxygen atoms in total.